The molecule has 0 spiro atoms. The van der Waals surface area contributed by atoms with Crippen molar-refractivity contribution in [3.63, 3.8) is 0 Å². The molecule has 0 aliphatic heterocycles. The molecule has 28 heavy (non-hydrogen) atoms. The molecule has 2 aromatic rings. The summed E-state index contributed by atoms with van der Waals surface area (Å²) in [5.74, 6) is 0.557. The highest BCUT2D eigenvalue weighted by atomic mass is 35.5. The Morgan fingerprint density at radius 1 is 1.32 bits per heavy atom. The van der Waals surface area contributed by atoms with Crippen LogP contribution in [0, 0.1) is 5.92 Å². The number of hydrogen-bond acceptors (Lipinski definition) is 4. The quantitative estimate of drug-likeness (QED) is 0.660. The number of rotatable bonds is 6. The molecule has 1 aromatic heterocycles. The number of nitrogens with one attached hydrogen (secondary N) is 3. The van der Waals surface area contributed by atoms with Crippen LogP contribution in [-0.4, -0.2) is 42.6 Å². The van der Waals surface area contributed by atoms with Crippen LogP contribution in [0.4, 0.5) is 0 Å². The average Bonchev–Trinajstić information content (AvgIpc) is 3.00. The van der Waals surface area contributed by atoms with E-state index in [1.54, 1.807) is 19.9 Å². The van der Waals surface area contributed by atoms with Crippen LogP contribution < -0.4 is 10.0 Å². The van der Waals surface area contributed by atoms with Gasteiger partial charge in [0, 0.05) is 28.9 Å². The average molecular weight is 427 g/mol. The van der Waals surface area contributed by atoms with Gasteiger partial charge < -0.3 is 10.3 Å². The largest absolute Gasteiger partial charge is 0.354 e. The van der Waals surface area contributed by atoms with Crippen LogP contribution in [0.25, 0.3) is 11.0 Å². The molecule has 154 valence electrons. The molecule has 1 aromatic carbocycles. The minimum atomic E-state index is -3.35. The van der Waals surface area contributed by atoms with Crippen LogP contribution in [0.15, 0.2) is 18.2 Å². The number of fused-ring (bicyclic) bond motifs is 1. The summed E-state index contributed by atoms with van der Waals surface area (Å²) in [4.78, 5) is 20.9. The molecule has 0 bridgehead atoms. The topological polar surface area (TPSA) is 104 Å². The Kier molecular flexibility index (Phi) is 6.03. The smallest absolute Gasteiger partial charge is 0.223 e. The first kappa shape index (κ1) is 21.1. The summed E-state index contributed by atoms with van der Waals surface area (Å²) in [6.07, 6.45) is 4.82. The number of sulfonamides is 1. The summed E-state index contributed by atoms with van der Waals surface area (Å²) in [5, 5.41) is 3.57. The second-order valence-electron chi connectivity index (χ2n) is 8.26. The molecular formula is C19H27ClN4O3S. The van der Waals surface area contributed by atoms with Crippen molar-refractivity contribution >= 4 is 38.6 Å². The van der Waals surface area contributed by atoms with Crippen molar-refractivity contribution in [2.45, 2.75) is 51.0 Å². The van der Waals surface area contributed by atoms with E-state index in [4.69, 9.17) is 11.6 Å². The lowest BCUT2D eigenvalue weighted by molar-refractivity contribution is -0.126. The Morgan fingerprint density at radius 3 is 2.75 bits per heavy atom. The van der Waals surface area contributed by atoms with Gasteiger partial charge in [-0.25, -0.2) is 18.1 Å². The van der Waals surface area contributed by atoms with Crippen molar-refractivity contribution < 1.29 is 13.2 Å². The number of imidazole rings is 1. The summed E-state index contributed by atoms with van der Waals surface area (Å²) in [6.45, 7) is 3.71. The zero-order valence-electron chi connectivity index (χ0n) is 16.4. The molecule has 9 heteroatoms. The molecule has 0 saturated heterocycles. The molecule has 2 atom stereocenters. The first-order valence-corrected chi connectivity index (χ1v) is 11.7. The molecule has 3 N–H and O–H groups in total. The van der Waals surface area contributed by atoms with Gasteiger partial charge in [0.25, 0.3) is 0 Å². The number of amides is 1. The summed E-state index contributed by atoms with van der Waals surface area (Å²) in [5.41, 5.74) is 0.942. The molecule has 1 fully saturated rings. The van der Waals surface area contributed by atoms with Gasteiger partial charge in [-0.05, 0) is 44.9 Å². The molecule has 1 heterocycles. The van der Waals surface area contributed by atoms with Crippen LogP contribution >= 0.6 is 11.6 Å². The molecule has 3 rings (SSSR count). The van der Waals surface area contributed by atoms with E-state index in [0.29, 0.717) is 5.02 Å². The highest BCUT2D eigenvalue weighted by molar-refractivity contribution is 7.88. The van der Waals surface area contributed by atoms with E-state index in [0.717, 1.165) is 48.8 Å². The van der Waals surface area contributed by atoms with Gasteiger partial charge in [0.05, 0.1) is 17.3 Å². The number of nitrogens with zero attached hydrogens (tertiary/aromatic N) is 1. The van der Waals surface area contributed by atoms with Gasteiger partial charge in [-0.1, -0.05) is 24.4 Å². The second-order valence-corrected chi connectivity index (χ2v) is 10.4. The molecular weight excluding hydrogens is 400 g/mol. The predicted octanol–water partition coefficient (Wildman–Crippen LogP) is 2.93. The van der Waals surface area contributed by atoms with E-state index < -0.39 is 15.6 Å². The van der Waals surface area contributed by atoms with Crippen molar-refractivity contribution in [3.05, 3.63) is 29.0 Å². The minimum Gasteiger partial charge on any atom is -0.354 e. The fourth-order valence-electron chi connectivity index (χ4n) is 3.93. The Labute approximate surface area is 170 Å². The third-order valence-corrected chi connectivity index (χ3v) is 6.24. The van der Waals surface area contributed by atoms with Crippen LogP contribution in [0.1, 0.15) is 51.3 Å². The number of benzene rings is 1. The maximum Gasteiger partial charge on any atom is 0.223 e. The maximum atomic E-state index is 12.9. The predicted molar refractivity (Wildman–Crippen MR) is 111 cm³/mol. The van der Waals surface area contributed by atoms with Crippen molar-refractivity contribution in [1.29, 1.82) is 0 Å². The Balaban J connectivity index is 1.74. The van der Waals surface area contributed by atoms with E-state index in [9.17, 15) is 13.2 Å². The van der Waals surface area contributed by atoms with Gasteiger partial charge in [0.1, 0.15) is 5.82 Å². The number of aromatic nitrogens is 2. The number of carbonyl (C=O) groups excluding carboxylic acids is 1. The van der Waals surface area contributed by atoms with E-state index in [-0.39, 0.29) is 24.3 Å². The number of aromatic amines is 1. The number of H-pyrrole nitrogens is 1. The Morgan fingerprint density at radius 2 is 2.04 bits per heavy atom. The first-order valence-electron chi connectivity index (χ1n) is 9.46. The van der Waals surface area contributed by atoms with Gasteiger partial charge in [0.15, 0.2) is 0 Å². The number of hydrogen-bond donors (Lipinski definition) is 3. The summed E-state index contributed by atoms with van der Waals surface area (Å²) < 4.78 is 25.5. The molecule has 1 saturated carbocycles. The van der Waals surface area contributed by atoms with Crippen molar-refractivity contribution in [1.82, 2.24) is 20.0 Å². The van der Waals surface area contributed by atoms with E-state index >= 15 is 0 Å². The van der Waals surface area contributed by atoms with Gasteiger partial charge in [-0.2, -0.15) is 0 Å². The fourth-order valence-corrected chi connectivity index (χ4v) is 5.17. The molecule has 0 radical (unpaired) electrons. The van der Waals surface area contributed by atoms with Crippen molar-refractivity contribution in [2.75, 3.05) is 12.8 Å². The number of halogens is 1. The fraction of sp³-hybridized carbons (Fsp3) is 0.579. The molecule has 7 nitrogen and oxygen atoms in total. The summed E-state index contributed by atoms with van der Waals surface area (Å²) in [6, 6.07) is 5.51. The van der Waals surface area contributed by atoms with Crippen molar-refractivity contribution in [2.24, 2.45) is 5.92 Å². The monoisotopic (exact) mass is 426 g/mol. The van der Waals surface area contributed by atoms with E-state index in [1.165, 1.54) is 0 Å². The summed E-state index contributed by atoms with van der Waals surface area (Å²) in [7, 11) is -3.35. The molecule has 1 aliphatic carbocycles. The van der Waals surface area contributed by atoms with Gasteiger partial charge in [-0.15, -0.1) is 0 Å². The normalized spacial score (nSPS) is 21.0. The highest BCUT2D eigenvalue weighted by Gasteiger charge is 2.35. The molecule has 2 unspecified atom stereocenters. The SMILES string of the molecule is CC(C)(CNC(=O)C1CCCCC1c1nc2ccc(Cl)cc2[nH]1)NS(C)(=O)=O. The maximum absolute atomic E-state index is 12.9. The van der Waals surface area contributed by atoms with Gasteiger partial charge in [-0.3, -0.25) is 4.79 Å². The number of carbonyl (C=O) groups is 1. The van der Waals surface area contributed by atoms with E-state index in [2.05, 4.69) is 20.0 Å². The van der Waals surface area contributed by atoms with Crippen LogP contribution in [0.2, 0.25) is 5.02 Å². The highest BCUT2D eigenvalue weighted by Crippen LogP contribution is 2.37. The Bertz CT molecular complexity index is 971. The standard InChI is InChI=1S/C19H27ClN4O3S/c1-19(2,24-28(3,26)27)11-21-18(25)14-7-5-4-6-13(14)17-22-15-9-8-12(20)10-16(15)23-17/h8-10,13-14,24H,4-7,11H2,1-3H3,(H,21,25)(H,22,23). The van der Waals surface area contributed by atoms with Crippen molar-refractivity contribution in [3.8, 4) is 0 Å². The third-order valence-electron chi connectivity index (χ3n) is 5.08. The molecule has 1 amide bonds. The molecule has 1 aliphatic rings. The van der Waals surface area contributed by atoms with Gasteiger partial charge in [0.2, 0.25) is 15.9 Å². The van der Waals surface area contributed by atoms with E-state index in [1.807, 2.05) is 12.1 Å². The zero-order valence-corrected chi connectivity index (χ0v) is 18.0. The van der Waals surface area contributed by atoms with Crippen LogP contribution in [0.5, 0.6) is 0 Å². The second kappa shape index (κ2) is 8.00. The van der Waals surface area contributed by atoms with Gasteiger partial charge >= 0.3 is 0 Å². The minimum absolute atomic E-state index is 0.00547. The Hall–Kier alpha value is -1.64. The van der Waals surface area contributed by atoms with Crippen LogP contribution in [0.3, 0.4) is 0 Å². The summed E-state index contributed by atoms with van der Waals surface area (Å²) >= 11 is 6.06. The van der Waals surface area contributed by atoms with Crippen LogP contribution in [-0.2, 0) is 14.8 Å². The lowest BCUT2D eigenvalue weighted by Gasteiger charge is -2.31. The lowest BCUT2D eigenvalue weighted by Crippen LogP contribution is -2.52. The zero-order chi connectivity index (χ0) is 20.5. The lowest BCUT2D eigenvalue weighted by atomic mass is 9.78. The third kappa shape index (κ3) is 5.24. The first-order chi connectivity index (χ1) is 13.0.